The van der Waals surface area contributed by atoms with E-state index in [1.54, 1.807) is 14.2 Å². The molecule has 0 bridgehead atoms. The van der Waals surface area contributed by atoms with Gasteiger partial charge in [0.05, 0.1) is 26.4 Å². The molecule has 0 unspecified atom stereocenters. The number of carboxylic acids is 1. The molecular weight excluding hydrogens is 518 g/mol. The highest BCUT2D eigenvalue weighted by molar-refractivity contribution is 5.88. The maximum atomic E-state index is 12.8. The van der Waals surface area contributed by atoms with Crippen LogP contribution in [-0.4, -0.2) is 44.0 Å². The number of hydrogen-bond acceptors (Lipinski definition) is 6. The molecule has 0 fully saturated rings. The molecule has 0 saturated heterocycles. The van der Waals surface area contributed by atoms with E-state index in [4.69, 9.17) is 18.9 Å². The van der Waals surface area contributed by atoms with Crippen LogP contribution in [0.15, 0.2) is 36.4 Å². The molecule has 1 atom stereocenters. The first kappa shape index (κ1) is 28.8. The van der Waals surface area contributed by atoms with Crippen molar-refractivity contribution in [2.45, 2.75) is 72.1 Å². The molecule has 0 saturated carbocycles. The van der Waals surface area contributed by atoms with E-state index in [1.807, 2.05) is 52.0 Å². The Labute approximate surface area is 243 Å². The third-order valence-corrected chi connectivity index (χ3v) is 8.10. The second-order valence-electron chi connectivity index (χ2n) is 11.9. The van der Waals surface area contributed by atoms with Crippen LogP contribution in [0.3, 0.4) is 0 Å². The number of methoxy groups -OCH3 is 2. The van der Waals surface area contributed by atoms with Gasteiger partial charge in [-0.15, -0.1) is 0 Å². The molecule has 7 nitrogen and oxygen atoms in total. The average Bonchev–Trinajstić information content (AvgIpc) is 3.33. The Bertz CT molecular complexity index is 1470. The van der Waals surface area contributed by atoms with Crippen molar-refractivity contribution in [3.63, 3.8) is 0 Å². The van der Waals surface area contributed by atoms with Gasteiger partial charge in [0, 0.05) is 36.0 Å². The Hall–Kier alpha value is -3.71. The number of carboxylic acid groups (broad SMARTS) is 1. The first-order valence-corrected chi connectivity index (χ1v) is 14.3. The summed E-state index contributed by atoms with van der Waals surface area (Å²) in [7, 11) is 3.32. The number of hydrogen-bond donors (Lipinski definition) is 1. The van der Waals surface area contributed by atoms with Crippen molar-refractivity contribution < 1.29 is 28.8 Å². The molecule has 41 heavy (non-hydrogen) atoms. The normalized spacial score (nSPS) is 15.1. The summed E-state index contributed by atoms with van der Waals surface area (Å²) < 4.78 is 23.3. The maximum absolute atomic E-state index is 12.8. The van der Waals surface area contributed by atoms with Gasteiger partial charge in [0.2, 0.25) is 0 Å². The molecule has 2 heterocycles. The molecule has 3 aromatic carbocycles. The predicted molar refractivity (Wildman–Crippen MR) is 161 cm³/mol. The number of rotatable bonds is 8. The molecule has 3 aromatic rings. The molecule has 2 aliphatic heterocycles. The van der Waals surface area contributed by atoms with E-state index in [0.717, 1.165) is 94.3 Å². The van der Waals surface area contributed by atoms with Crippen LogP contribution >= 0.6 is 0 Å². The topological polar surface area (TPSA) is 77.5 Å². The van der Waals surface area contributed by atoms with Gasteiger partial charge in [-0.1, -0.05) is 6.07 Å². The van der Waals surface area contributed by atoms with Gasteiger partial charge in [0.1, 0.15) is 17.2 Å². The lowest BCUT2D eigenvalue weighted by molar-refractivity contribution is -0.160. The van der Waals surface area contributed by atoms with E-state index in [0.29, 0.717) is 6.54 Å². The molecule has 218 valence electrons. The summed E-state index contributed by atoms with van der Waals surface area (Å²) in [5.41, 5.74) is 8.71. The first-order valence-electron chi connectivity index (χ1n) is 14.3. The van der Waals surface area contributed by atoms with Crippen molar-refractivity contribution in [1.29, 1.82) is 0 Å². The van der Waals surface area contributed by atoms with Crippen molar-refractivity contribution in [3.05, 3.63) is 69.8 Å². The molecule has 1 N–H and O–H groups in total. The first-order chi connectivity index (χ1) is 19.5. The van der Waals surface area contributed by atoms with Crippen molar-refractivity contribution >= 4 is 11.7 Å². The van der Waals surface area contributed by atoms with Crippen LogP contribution in [0.1, 0.15) is 66.7 Å². The lowest BCUT2D eigenvalue weighted by Crippen LogP contribution is -2.28. The van der Waals surface area contributed by atoms with E-state index >= 15 is 0 Å². The largest absolute Gasteiger partial charge is 0.497 e. The van der Waals surface area contributed by atoms with Gasteiger partial charge >= 0.3 is 5.97 Å². The van der Waals surface area contributed by atoms with Gasteiger partial charge < -0.3 is 29.0 Å². The third-order valence-electron chi connectivity index (χ3n) is 8.10. The van der Waals surface area contributed by atoms with Gasteiger partial charge in [-0.2, -0.15) is 0 Å². The zero-order valence-electron chi connectivity index (χ0n) is 25.2. The standard InChI is InChI=1S/C34H41NO6/c1-20-17-27-26(14-15-35(27)19-22-10-11-23(38-6)18-29(22)39-7)31(30(20)32(33(36)37)41-34(3,4)5)25-12-13-28-24(21(25)2)9-8-16-40-28/h10-13,17-18,32H,8-9,14-16,19H2,1-7H3,(H,36,37)/t32-/m0/s1. The fourth-order valence-corrected chi connectivity index (χ4v) is 6.22. The number of aryl methyl sites for hydroxylation is 1. The second-order valence-corrected chi connectivity index (χ2v) is 11.9. The maximum Gasteiger partial charge on any atom is 0.337 e. The van der Waals surface area contributed by atoms with Crippen molar-refractivity contribution in [2.75, 3.05) is 32.3 Å². The minimum absolute atomic E-state index is 0.637. The van der Waals surface area contributed by atoms with Gasteiger partial charge in [0.15, 0.2) is 6.10 Å². The zero-order valence-corrected chi connectivity index (χ0v) is 25.2. The number of benzene rings is 3. The highest BCUT2D eigenvalue weighted by Crippen LogP contribution is 2.47. The molecule has 7 heteroatoms. The fraction of sp³-hybridized carbons (Fsp3) is 0.441. The molecule has 0 amide bonds. The Morgan fingerprint density at radius 2 is 1.83 bits per heavy atom. The highest BCUT2D eigenvalue weighted by atomic mass is 16.5. The molecule has 0 radical (unpaired) electrons. The lowest BCUT2D eigenvalue weighted by atomic mass is 9.83. The van der Waals surface area contributed by atoms with E-state index in [1.165, 1.54) is 5.56 Å². The minimum Gasteiger partial charge on any atom is -0.497 e. The second kappa shape index (κ2) is 11.3. The number of anilines is 1. The summed E-state index contributed by atoms with van der Waals surface area (Å²) in [6.07, 6.45) is 1.62. The smallest absolute Gasteiger partial charge is 0.337 e. The number of ether oxygens (including phenoxy) is 4. The highest BCUT2D eigenvalue weighted by Gasteiger charge is 2.35. The fourth-order valence-electron chi connectivity index (χ4n) is 6.22. The summed E-state index contributed by atoms with van der Waals surface area (Å²) >= 11 is 0. The third kappa shape index (κ3) is 5.60. The summed E-state index contributed by atoms with van der Waals surface area (Å²) in [6.45, 7) is 12.0. The van der Waals surface area contributed by atoms with Gasteiger partial charge in [-0.25, -0.2) is 4.79 Å². The summed E-state index contributed by atoms with van der Waals surface area (Å²) in [6, 6.07) is 12.2. The molecule has 5 rings (SSSR count). The lowest BCUT2D eigenvalue weighted by Gasteiger charge is -2.30. The van der Waals surface area contributed by atoms with E-state index < -0.39 is 17.7 Å². The van der Waals surface area contributed by atoms with Crippen LogP contribution in [0, 0.1) is 13.8 Å². The number of aliphatic carboxylic acids is 1. The van der Waals surface area contributed by atoms with Crippen LogP contribution < -0.4 is 19.1 Å². The Kier molecular flexibility index (Phi) is 7.93. The van der Waals surface area contributed by atoms with E-state index in [-0.39, 0.29) is 0 Å². The molecular formula is C34H41NO6. The van der Waals surface area contributed by atoms with Crippen LogP contribution in [-0.2, 0) is 28.9 Å². The quantitative estimate of drug-likeness (QED) is 0.325. The number of carbonyl (C=O) groups is 1. The molecule has 0 spiro atoms. The summed E-state index contributed by atoms with van der Waals surface area (Å²) in [5.74, 6) is 1.47. The van der Waals surface area contributed by atoms with Crippen LogP contribution in [0.25, 0.3) is 11.1 Å². The van der Waals surface area contributed by atoms with Crippen LogP contribution in [0.2, 0.25) is 0 Å². The van der Waals surface area contributed by atoms with Crippen LogP contribution in [0.4, 0.5) is 5.69 Å². The van der Waals surface area contributed by atoms with E-state index in [9.17, 15) is 9.90 Å². The summed E-state index contributed by atoms with van der Waals surface area (Å²) in [4.78, 5) is 15.1. The van der Waals surface area contributed by atoms with Gasteiger partial charge in [0.25, 0.3) is 0 Å². The van der Waals surface area contributed by atoms with E-state index in [2.05, 4.69) is 24.0 Å². The minimum atomic E-state index is -1.10. The van der Waals surface area contributed by atoms with Gasteiger partial charge in [-0.05, 0) is 112 Å². The summed E-state index contributed by atoms with van der Waals surface area (Å²) in [5, 5.41) is 10.5. The SMILES string of the molecule is COc1ccc(CN2CCc3c2cc(C)c([C@H](OC(C)(C)C)C(=O)O)c3-c2ccc3c(c2C)CCCO3)c(OC)c1. The van der Waals surface area contributed by atoms with Crippen molar-refractivity contribution in [2.24, 2.45) is 0 Å². The molecule has 2 aliphatic rings. The predicted octanol–water partition coefficient (Wildman–Crippen LogP) is 6.82. The Balaban J connectivity index is 1.69. The van der Waals surface area contributed by atoms with Gasteiger partial charge in [-0.3, -0.25) is 0 Å². The van der Waals surface area contributed by atoms with Crippen molar-refractivity contribution in [3.8, 4) is 28.4 Å². The monoisotopic (exact) mass is 559 g/mol. The number of fused-ring (bicyclic) bond motifs is 2. The molecule has 0 aliphatic carbocycles. The molecule has 0 aromatic heterocycles. The van der Waals surface area contributed by atoms with Crippen LogP contribution in [0.5, 0.6) is 17.2 Å². The zero-order chi connectivity index (χ0) is 29.5. The Morgan fingerprint density at radius 1 is 1.05 bits per heavy atom. The average molecular weight is 560 g/mol. The van der Waals surface area contributed by atoms with Crippen molar-refractivity contribution in [1.82, 2.24) is 0 Å². The Morgan fingerprint density at radius 3 is 2.51 bits per heavy atom. The number of nitrogens with zero attached hydrogens (tertiary/aromatic N) is 1.